The Morgan fingerprint density at radius 3 is 2.30 bits per heavy atom. The minimum absolute atomic E-state index is 0.0120. The second-order valence-electron chi connectivity index (χ2n) is 7.18. The van der Waals surface area contributed by atoms with E-state index in [-0.39, 0.29) is 11.8 Å². The fourth-order valence-electron chi connectivity index (χ4n) is 3.69. The molecule has 1 fully saturated rings. The number of primary amides is 1. The molecule has 6 nitrogen and oxygen atoms in total. The van der Waals surface area contributed by atoms with Gasteiger partial charge in [-0.05, 0) is 36.0 Å². The van der Waals surface area contributed by atoms with Crippen molar-refractivity contribution >= 4 is 12.0 Å². The van der Waals surface area contributed by atoms with Crippen molar-refractivity contribution in [2.45, 2.75) is 38.5 Å². The zero-order valence-corrected chi connectivity index (χ0v) is 15.2. The van der Waals surface area contributed by atoms with Gasteiger partial charge in [-0.2, -0.15) is 13.2 Å². The Kier molecular flexibility index (Phi) is 6.35. The Morgan fingerprint density at radius 1 is 1.26 bits per heavy atom. The van der Waals surface area contributed by atoms with Gasteiger partial charge in [-0.25, -0.2) is 4.79 Å². The number of alkyl halides is 3. The second kappa shape index (κ2) is 8.16. The van der Waals surface area contributed by atoms with Crippen molar-refractivity contribution in [2.24, 2.45) is 17.6 Å². The number of carboxylic acid groups (broad SMARTS) is 1. The van der Waals surface area contributed by atoms with Crippen LogP contribution in [0.1, 0.15) is 37.3 Å². The lowest BCUT2D eigenvalue weighted by atomic mass is 9.84. The monoisotopic (exact) mass is 387 g/mol. The molecule has 1 aliphatic rings. The largest absolute Gasteiger partial charge is 0.465 e. The molecule has 0 aromatic heterocycles. The molecule has 1 aromatic rings. The van der Waals surface area contributed by atoms with Gasteiger partial charge in [0.05, 0.1) is 17.6 Å². The van der Waals surface area contributed by atoms with E-state index >= 15 is 0 Å². The first kappa shape index (κ1) is 21.0. The summed E-state index contributed by atoms with van der Waals surface area (Å²) in [5, 5.41) is 11.5. The molecule has 0 aliphatic carbocycles. The van der Waals surface area contributed by atoms with Gasteiger partial charge >= 0.3 is 12.3 Å². The SMILES string of the molecule is CC(C)C(NC(=O)O)N1CC[C@H](C(C(N)=O)c2ccc(C(F)(F)F)cc2)C1. The third-order valence-corrected chi connectivity index (χ3v) is 4.93. The summed E-state index contributed by atoms with van der Waals surface area (Å²) in [5.74, 6) is -1.52. The number of amides is 2. The Balaban J connectivity index is 2.18. The van der Waals surface area contributed by atoms with Gasteiger partial charge in [0.1, 0.15) is 0 Å². The maximum Gasteiger partial charge on any atom is 0.416 e. The van der Waals surface area contributed by atoms with Gasteiger partial charge in [0.15, 0.2) is 0 Å². The maximum atomic E-state index is 12.7. The standard InChI is InChI=1S/C18H24F3N3O3/c1-10(2)16(23-17(26)27)24-8-7-12(9-24)14(15(22)25)11-3-5-13(6-4-11)18(19,20)21/h3-6,10,12,14,16,23H,7-9H2,1-2H3,(H2,22,25)(H,26,27)/t12-,14?,16?/m0/s1. The molecule has 3 atom stereocenters. The fourth-order valence-corrected chi connectivity index (χ4v) is 3.69. The second-order valence-corrected chi connectivity index (χ2v) is 7.18. The number of carbonyl (C=O) groups excluding carboxylic acids is 1. The number of nitrogens with zero attached hydrogens (tertiary/aromatic N) is 1. The van der Waals surface area contributed by atoms with Crippen molar-refractivity contribution in [3.8, 4) is 0 Å². The lowest BCUT2D eigenvalue weighted by molar-refractivity contribution is -0.137. The summed E-state index contributed by atoms with van der Waals surface area (Å²) in [7, 11) is 0. The number of carbonyl (C=O) groups is 2. The molecule has 2 unspecified atom stereocenters. The smallest absolute Gasteiger partial charge is 0.416 e. The highest BCUT2D eigenvalue weighted by molar-refractivity contribution is 5.82. The van der Waals surface area contributed by atoms with E-state index in [0.717, 1.165) is 12.1 Å². The van der Waals surface area contributed by atoms with E-state index in [9.17, 15) is 22.8 Å². The highest BCUT2D eigenvalue weighted by Crippen LogP contribution is 2.35. The maximum absolute atomic E-state index is 12.7. The van der Waals surface area contributed by atoms with E-state index in [1.54, 1.807) is 0 Å². The van der Waals surface area contributed by atoms with Crippen molar-refractivity contribution < 1.29 is 27.9 Å². The summed E-state index contributed by atoms with van der Waals surface area (Å²) in [6, 6.07) is 4.47. The fraction of sp³-hybridized carbons (Fsp3) is 0.556. The van der Waals surface area contributed by atoms with Crippen molar-refractivity contribution in [3.63, 3.8) is 0 Å². The number of likely N-dealkylation sites (tertiary alicyclic amines) is 1. The first-order valence-corrected chi connectivity index (χ1v) is 8.70. The van der Waals surface area contributed by atoms with Gasteiger partial charge in [0.25, 0.3) is 0 Å². The van der Waals surface area contributed by atoms with Crippen molar-refractivity contribution in [2.75, 3.05) is 13.1 Å². The molecule has 150 valence electrons. The van der Waals surface area contributed by atoms with Crippen LogP contribution >= 0.6 is 0 Å². The first-order chi connectivity index (χ1) is 12.5. The number of nitrogens with one attached hydrogen (secondary N) is 1. The van der Waals surface area contributed by atoms with Crippen LogP contribution in [0.2, 0.25) is 0 Å². The summed E-state index contributed by atoms with van der Waals surface area (Å²) in [6.07, 6.45) is -5.39. The molecule has 4 N–H and O–H groups in total. The lowest BCUT2D eigenvalue weighted by Gasteiger charge is -2.31. The third-order valence-electron chi connectivity index (χ3n) is 4.93. The van der Waals surface area contributed by atoms with Gasteiger partial charge in [-0.1, -0.05) is 26.0 Å². The minimum Gasteiger partial charge on any atom is -0.465 e. The van der Waals surface area contributed by atoms with E-state index in [4.69, 9.17) is 10.8 Å². The van der Waals surface area contributed by atoms with Crippen molar-refractivity contribution in [3.05, 3.63) is 35.4 Å². The Bertz CT molecular complexity index is 677. The highest BCUT2D eigenvalue weighted by atomic mass is 19.4. The quantitative estimate of drug-likeness (QED) is 0.699. The molecule has 0 radical (unpaired) electrons. The number of benzene rings is 1. The van der Waals surface area contributed by atoms with Gasteiger partial charge in [0.2, 0.25) is 5.91 Å². The number of hydrogen-bond donors (Lipinski definition) is 3. The predicted octanol–water partition coefficient (Wildman–Crippen LogP) is 2.85. The van der Waals surface area contributed by atoms with Crippen molar-refractivity contribution in [1.29, 1.82) is 0 Å². The van der Waals surface area contributed by atoms with E-state index in [0.29, 0.717) is 25.1 Å². The molecule has 1 heterocycles. The van der Waals surface area contributed by atoms with Crippen LogP contribution in [0, 0.1) is 11.8 Å². The normalized spacial score (nSPS) is 20.4. The molecular formula is C18H24F3N3O3. The molecule has 1 saturated heterocycles. The molecule has 1 aliphatic heterocycles. The Labute approximate surface area is 155 Å². The summed E-state index contributed by atoms with van der Waals surface area (Å²) in [6.45, 7) is 4.76. The Morgan fingerprint density at radius 2 is 1.85 bits per heavy atom. The molecule has 2 rings (SSSR count). The molecule has 0 bridgehead atoms. The molecule has 0 spiro atoms. The van der Waals surface area contributed by atoms with E-state index in [2.05, 4.69) is 5.32 Å². The number of nitrogens with two attached hydrogens (primary N) is 1. The summed E-state index contributed by atoms with van der Waals surface area (Å²) >= 11 is 0. The molecular weight excluding hydrogens is 363 g/mol. The summed E-state index contributed by atoms with van der Waals surface area (Å²) in [4.78, 5) is 25.0. The zero-order valence-electron chi connectivity index (χ0n) is 15.2. The summed E-state index contributed by atoms with van der Waals surface area (Å²) in [5.41, 5.74) is 5.20. The van der Waals surface area contributed by atoms with Gasteiger partial charge < -0.3 is 16.2 Å². The van der Waals surface area contributed by atoms with Crippen LogP contribution in [0.5, 0.6) is 0 Å². The van der Waals surface area contributed by atoms with Gasteiger partial charge in [-0.15, -0.1) is 0 Å². The average molecular weight is 387 g/mol. The average Bonchev–Trinajstić information content (AvgIpc) is 3.00. The number of hydrogen-bond acceptors (Lipinski definition) is 3. The van der Waals surface area contributed by atoms with Crippen LogP contribution < -0.4 is 11.1 Å². The lowest BCUT2D eigenvalue weighted by Crippen LogP contribution is -2.50. The summed E-state index contributed by atoms with van der Waals surface area (Å²) < 4.78 is 38.2. The zero-order chi connectivity index (χ0) is 20.4. The van der Waals surface area contributed by atoms with Crippen LogP contribution in [0.4, 0.5) is 18.0 Å². The number of rotatable bonds is 6. The van der Waals surface area contributed by atoms with Crippen LogP contribution in [0.15, 0.2) is 24.3 Å². The van der Waals surface area contributed by atoms with Crippen LogP contribution in [0.3, 0.4) is 0 Å². The van der Waals surface area contributed by atoms with E-state index in [1.165, 1.54) is 12.1 Å². The number of halogens is 3. The van der Waals surface area contributed by atoms with Crippen molar-refractivity contribution in [1.82, 2.24) is 10.2 Å². The third kappa shape index (κ3) is 5.12. The van der Waals surface area contributed by atoms with E-state index < -0.39 is 35.8 Å². The predicted molar refractivity (Wildman–Crippen MR) is 92.8 cm³/mol. The van der Waals surface area contributed by atoms with Gasteiger partial charge in [0, 0.05) is 13.1 Å². The first-order valence-electron chi connectivity index (χ1n) is 8.70. The van der Waals surface area contributed by atoms with Crippen LogP contribution in [-0.2, 0) is 11.0 Å². The topological polar surface area (TPSA) is 95.7 Å². The Hall–Kier alpha value is -2.29. The molecule has 2 amide bonds. The molecule has 1 aromatic carbocycles. The van der Waals surface area contributed by atoms with Gasteiger partial charge in [-0.3, -0.25) is 9.69 Å². The molecule has 0 saturated carbocycles. The highest BCUT2D eigenvalue weighted by Gasteiger charge is 2.38. The van der Waals surface area contributed by atoms with E-state index in [1.807, 2.05) is 18.7 Å². The molecule has 9 heteroatoms. The van der Waals surface area contributed by atoms with Crippen LogP contribution in [0.25, 0.3) is 0 Å². The minimum atomic E-state index is -4.45. The van der Waals surface area contributed by atoms with Crippen LogP contribution in [-0.4, -0.2) is 41.3 Å². The molecule has 27 heavy (non-hydrogen) atoms.